The lowest BCUT2D eigenvalue weighted by atomic mass is 9.81. The Kier molecular flexibility index (Phi) is 7.59. The molecule has 8 heteroatoms. The molecule has 1 fully saturated rings. The maximum Gasteiger partial charge on any atom is 0.319 e. The minimum Gasteiger partial charge on any atom is -0.338 e. The summed E-state index contributed by atoms with van der Waals surface area (Å²) in [6, 6.07) is 10.7. The number of anilines is 2. The number of hydrogen-bond acceptors (Lipinski definition) is 2. The van der Waals surface area contributed by atoms with Crippen molar-refractivity contribution in [3.63, 3.8) is 0 Å². The van der Waals surface area contributed by atoms with Crippen LogP contribution in [0.1, 0.15) is 25.7 Å². The molecule has 3 rings (SSSR count). The van der Waals surface area contributed by atoms with Crippen molar-refractivity contribution in [2.45, 2.75) is 25.7 Å². The summed E-state index contributed by atoms with van der Waals surface area (Å²) < 4.78 is 26.4. The molecule has 0 heterocycles. The fourth-order valence-corrected chi connectivity index (χ4v) is 3.73. The van der Waals surface area contributed by atoms with Crippen molar-refractivity contribution in [2.75, 3.05) is 23.7 Å². The average Bonchev–Trinajstić information content (AvgIpc) is 2.71. The average molecular weight is 416 g/mol. The van der Waals surface area contributed by atoms with Crippen LogP contribution >= 0.6 is 0 Å². The molecule has 0 bridgehead atoms. The summed E-state index contributed by atoms with van der Waals surface area (Å²) in [4.78, 5) is 24.0. The second-order valence-electron chi connectivity index (χ2n) is 7.59. The van der Waals surface area contributed by atoms with Crippen LogP contribution in [0.15, 0.2) is 48.5 Å². The smallest absolute Gasteiger partial charge is 0.319 e. The highest BCUT2D eigenvalue weighted by Gasteiger charge is 2.23. The Morgan fingerprint density at radius 1 is 0.800 bits per heavy atom. The first-order valence-corrected chi connectivity index (χ1v) is 10.1. The number of amides is 4. The molecule has 0 saturated heterocycles. The maximum absolute atomic E-state index is 13.2. The van der Waals surface area contributed by atoms with Crippen molar-refractivity contribution in [3.05, 3.63) is 60.2 Å². The minimum absolute atomic E-state index is 0.315. The van der Waals surface area contributed by atoms with Crippen LogP contribution in [0.5, 0.6) is 0 Å². The summed E-state index contributed by atoms with van der Waals surface area (Å²) in [6.07, 6.45) is 3.93. The standard InChI is InChI=1S/C22H26F2N4O2/c23-17-6-2-8-19(11-17)27-21(29)25-13-15-4-1-5-16(10-15)14-26-22(30)28-20-9-3-7-18(24)12-20/h2-3,6-9,11-12,15-16H,1,4-5,10,13-14H2,(H2,25,27,29)(H2,26,28,30). The normalized spacial score (nSPS) is 18.3. The summed E-state index contributed by atoms with van der Waals surface area (Å²) in [5.74, 6) is -0.182. The van der Waals surface area contributed by atoms with Crippen molar-refractivity contribution in [3.8, 4) is 0 Å². The van der Waals surface area contributed by atoms with E-state index in [4.69, 9.17) is 0 Å². The van der Waals surface area contributed by atoms with Gasteiger partial charge in [-0.25, -0.2) is 18.4 Å². The number of rotatable bonds is 6. The third-order valence-corrected chi connectivity index (χ3v) is 5.16. The van der Waals surface area contributed by atoms with E-state index in [1.54, 1.807) is 12.1 Å². The summed E-state index contributed by atoms with van der Waals surface area (Å²) in [5, 5.41) is 10.9. The van der Waals surface area contributed by atoms with Crippen molar-refractivity contribution < 1.29 is 18.4 Å². The number of halogens is 2. The van der Waals surface area contributed by atoms with Gasteiger partial charge in [0.2, 0.25) is 0 Å². The van der Waals surface area contributed by atoms with Crippen LogP contribution in [0.3, 0.4) is 0 Å². The van der Waals surface area contributed by atoms with Gasteiger partial charge in [0.1, 0.15) is 11.6 Å². The third-order valence-electron chi connectivity index (χ3n) is 5.16. The zero-order valence-electron chi connectivity index (χ0n) is 16.6. The zero-order valence-corrected chi connectivity index (χ0v) is 16.6. The number of hydrogen-bond donors (Lipinski definition) is 4. The van der Waals surface area contributed by atoms with E-state index in [-0.39, 0.29) is 12.1 Å². The molecule has 4 amide bonds. The monoisotopic (exact) mass is 416 g/mol. The lowest BCUT2D eigenvalue weighted by Gasteiger charge is -2.29. The van der Waals surface area contributed by atoms with E-state index in [1.165, 1.54) is 36.4 Å². The predicted octanol–water partition coefficient (Wildman–Crippen LogP) is 4.71. The van der Waals surface area contributed by atoms with Crippen LogP contribution in [0.2, 0.25) is 0 Å². The first-order valence-electron chi connectivity index (χ1n) is 10.1. The summed E-state index contributed by atoms with van der Waals surface area (Å²) in [5.41, 5.74) is 0.810. The van der Waals surface area contributed by atoms with Crippen LogP contribution in [-0.2, 0) is 0 Å². The van der Waals surface area contributed by atoms with Gasteiger partial charge in [-0.15, -0.1) is 0 Å². The van der Waals surface area contributed by atoms with E-state index in [0.717, 1.165) is 25.7 Å². The quantitative estimate of drug-likeness (QED) is 0.550. The molecule has 160 valence electrons. The van der Waals surface area contributed by atoms with Crippen molar-refractivity contribution in [1.29, 1.82) is 0 Å². The Morgan fingerprint density at radius 3 is 1.70 bits per heavy atom. The van der Waals surface area contributed by atoms with Gasteiger partial charge < -0.3 is 21.3 Å². The Labute approximate surface area is 174 Å². The van der Waals surface area contributed by atoms with Gasteiger partial charge in [0.05, 0.1) is 0 Å². The van der Waals surface area contributed by atoms with Crippen LogP contribution in [0.4, 0.5) is 29.7 Å². The second kappa shape index (κ2) is 10.6. The zero-order chi connectivity index (χ0) is 21.3. The molecule has 30 heavy (non-hydrogen) atoms. The Bertz CT molecular complexity index is 808. The molecule has 0 aromatic heterocycles. The number of nitrogens with one attached hydrogen (secondary N) is 4. The Morgan fingerprint density at radius 2 is 1.27 bits per heavy atom. The number of benzene rings is 2. The van der Waals surface area contributed by atoms with Crippen molar-refractivity contribution in [2.24, 2.45) is 11.8 Å². The molecule has 1 saturated carbocycles. The fourth-order valence-electron chi connectivity index (χ4n) is 3.73. The van der Waals surface area contributed by atoms with Gasteiger partial charge >= 0.3 is 12.1 Å². The molecule has 1 aliphatic carbocycles. The van der Waals surface area contributed by atoms with Crippen molar-refractivity contribution in [1.82, 2.24) is 10.6 Å². The molecule has 6 nitrogen and oxygen atoms in total. The predicted molar refractivity (Wildman–Crippen MR) is 112 cm³/mol. The van der Waals surface area contributed by atoms with E-state index in [9.17, 15) is 18.4 Å². The molecule has 2 aromatic carbocycles. The topological polar surface area (TPSA) is 82.3 Å². The largest absolute Gasteiger partial charge is 0.338 e. The van der Waals surface area contributed by atoms with Crippen LogP contribution < -0.4 is 21.3 Å². The highest BCUT2D eigenvalue weighted by atomic mass is 19.1. The SMILES string of the molecule is O=C(NCC1CCCC(CNC(=O)Nc2cccc(F)c2)C1)Nc1cccc(F)c1. The highest BCUT2D eigenvalue weighted by Crippen LogP contribution is 2.28. The van der Waals surface area contributed by atoms with Crippen molar-refractivity contribution >= 4 is 23.4 Å². The van der Waals surface area contributed by atoms with Crippen LogP contribution in [0, 0.1) is 23.5 Å². The molecule has 0 spiro atoms. The van der Waals surface area contributed by atoms with Gasteiger partial charge in [-0.05, 0) is 67.5 Å². The van der Waals surface area contributed by atoms with E-state index in [2.05, 4.69) is 21.3 Å². The molecule has 2 atom stereocenters. The minimum atomic E-state index is -0.406. The summed E-state index contributed by atoms with van der Waals surface area (Å²) >= 11 is 0. The molecule has 2 unspecified atom stereocenters. The van der Waals surface area contributed by atoms with Gasteiger partial charge in [-0.2, -0.15) is 0 Å². The van der Waals surface area contributed by atoms with E-state index in [0.29, 0.717) is 36.3 Å². The maximum atomic E-state index is 13.2. The lowest BCUT2D eigenvalue weighted by Crippen LogP contribution is -2.38. The molecule has 1 aliphatic rings. The van der Waals surface area contributed by atoms with Gasteiger partial charge in [-0.1, -0.05) is 18.6 Å². The number of carbonyl (C=O) groups is 2. The first-order chi connectivity index (χ1) is 14.5. The highest BCUT2D eigenvalue weighted by molar-refractivity contribution is 5.89. The van der Waals surface area contributed by atoms with Crippen LogP contribution in [-0.4, -0.2) is 25.2 Å². The Balaban J connectivity index is 1.37. The molecule has 0 radical (unpaired) electrons. The second-order valence-corrected chi connectivity index (χ2v) is 7.59. The molecule has 0 aliphatic heterocycles. The third kappa shape index (κ3) is 7.02. The van der Waals surface area contributed by atoms with Gasteiger partial charge in [0.25, 0.3) is 0 Å². The van der Waals surface area contributed by atoms with Gasteiger partial charge in [0.15, 0.2) is 0 Å². The lowest BCUT2D eigenvalue weighted by molar-refractivity contribution is 0.230. The molecular weight excluding hydrogens is 390 g/mol. The molecule has 4 N–H and O–H groups in total. The van der Waals surface area contributed by atoms with E-state index in [1.807, 2.05) is 0 Å². The number of urea groups is 2. The number of carbonyl (C=O) groups excluding carboxylic acids is 2. The Hall–Kier alpha value is -3.16. The molecular formula is C22H26F2N4O2. The van der Waals surface area contributed by atoms with E-state index >= 15 is 0 Å². The fraction of sp³-hybridized carbons (Fsp3) is 0.364. The first kappa shape index (κ1) is 21.5. The summed E-state index contributed by atoms with van der Waals surface area (Å²) in [7, 11) is 0. The summed E-state index contributed by atoms with van der Waals surface area (Å²) in [6.45, 7) is 1.04. The van der Waals surface area contributed by atoms with Gasteiger partial charge in [-0.3, -0.25) is 0 Å². The van der Waals surface area contributed by atoms with E-state index < -0.39 is 11.6 Å². The van der Waals surface area contributed by atoms with Gasteiger partial charge in [0, 0.05) is 24.5 Å². The van der Waals surface area contributed by atoms with Crippen LogP contribution in [0.25, 0.3) is 0 Å². The molecule has 2 aromatic rings.